The van der Waals surface area contributed by atoms with Crippen molar-refractivity contribution in [2.24, 2.45) is 5.92 Å². The Bertz CT molecular complexity index is 875. The number of oxazole rings is 1. The van der Waals surface area contributed by atoms with Crippen LogP contribution in [-0.4, -0.2) is 58.7 Å². The largest absolute Gasteiger partial charge is 0.441 e. The normalized spacial score (nSPS) is 22.2. The van der Waals surface area contributed by atoms with Crippen molar-refractivity contribution < 1.29 is 22.7 Å². The van der Waals surface area contributed by atoms with Gasteiger partial charge in [0.05, 0.1) is 11.3 Å². The molecule has 2 aliphatic rings. The Balaban J connectivity index is 1.37. The standard InChI is InChI=1S/C23H30F3N3O2/c1-16-21(27-22(31-16)18-5-2-6-19(12-18)23(24,25)26)14-28-10-7-20(8-11-28)29-9-3-4-17(13-29)15-30/h2,5-6,12,17,20,30H,3-4,7-11,13-15H2,1H3. The molecule has 2 aliphatic heterocycles. The molecule has 31 heavy (non-hydrogen) atoms. The van der Waals surface area contributed by atoms with Crippen molar-refractivity contribution in [2.75, 3.05) is 32.8 Å². The number of aliphatic hydroxyl groups is 1. The highest BCUT2D eigenvalue weighted by atomic mass is 19.4. The zero-order valence-electron chi connectivity index (χ0n) is 17.9. The minimum Gasteiger partial charge on any atom is -0.441 e. The van der Waals surface area contributed by atoms with Crippen LogP contribution in [0.5, 0.6) is 0 Å². The fourth-order valence-electron chi connectivity index (χ4n) is 4.76. The van der Waals surface area contributed by atoms with Crippen LogP contribution in [-0.2, 0) is 12.7 Å². The van der Waals surface area contributed by atoms with E-state index in [1.54, 1.807) is 6.07 Å². The van der Waals surface area contributed by atoms with Gasteiger partial charge in [-0.2, -0.15) is 13.2 Å². The van der Waals surface area contributed by atoms with Gasteiger partial charge in [-0.25, -0.2) is 4.98 Å². The third-order valence-corrected chi connectivity index (χ3v) is 6.58. The first-order chi connectivity index (χ1) is 14.8. The Labute approximate surface area is 180 Å². The quantitative estimate of drug-likeness (QED) is 0.754. The van der Waals surface area contributed by atoms with Gasteiger partial charge >= 0.3 is 6.18 Å². The van der Waals surface area contributed by atoms with Gasteiger partial charge in [0.1, 0.15) is 5.76 Å². The van der Waals surface area contributed by atoms with Gasteiger partial charge in [-0.05, 0) is 63.3 Å². The molecular weight excluding hydrogens is 407 g/mol. The number of nitrogens with zero attached hydrogens (tertiary/aromatic N) is 3. The van der Waals surface area contributed by atoms with Crippen molar-refractivity contribution in [2.45, 2.75) is 51.4 Å². The monoisotopic (exact) mass is 437 g/mol. The van der Waals surface area contributed by atoms with Crippen LogP contribution in [0, 0.1) is 12.8 Å². The topological polar surface area (TPSA) is 52.7 Å². The number of rotatable bonds is 5. The fraction of sp³-hybridized carbons (Fsp3) is 0.609. The lowest BCUT2D eigenvalue weighted by Crippen LogP contribution is -2.48. The van der Waals surface area contributed by atoms with Crippen LogP contribution < -0.4 is 0 Å². The number of hydrogen-bond acceptors (Lipinski definition) is 5. The maximum absolute atomic E-state index is 13.0. The van der Waals surface area contributed by atoms with Gasteiger partial charge in [-0.3, -0.25) is 9.80 Å². The number of aryl methyl sites for hydroxylation is 1. The van der Waals surface area contributed by atoms with Crippen LogP contribution in [0.1, 0.15) is 42.7 Å². The molecule has 8 heteroatoms. The summed E-state index contributed by atoms with van der Waals surface area (Å²) >= 11 is 0. The third kappa shape index (κ3) is 5.30. The van der Waals surface area contributed by atoms with E-state index in [0.717, 1.165) is 69.7 Å². The number of aromatic nitrogens is 1. The fourth-order valence-corrected chi connectivity index (χ4v) is 4.76. The van der Waals surface area contributed by atoms with Crippen LogP contribution in [0.2, 0.25) is 0 Å². The molecule has 1 aromatic heterocycles. The molecule has 0 radical (unpaired) electrons. The van der Waals surface area contributed by atoms with Gasteiger partial charge < -0.3 is 9.52 Å². The molecule has 1 atom stereocenters. The van der Waals surface area contributed by atoms with Gasteiger partial charge in [-0.15, -0.1) is 0 Å². The molecule has 0 amide bonds. The van der Waals surface area contributed by atoms with Crippen molar-refractivity contribution in [3.05, 3.63) is 41.3 Å². The molecule has 1 aromatic carbocycles. The summed E-state index contributed by atoms with van der Waals surface area (Å²) in [5.74, 6) is 1.28. The molecule has 2 fully saturated rings. The number of aliphatic hydroxyl groups excluding tert-OH is 1. The Morgan fingerprint density at radius 2 is 1.94 bits per heavy atom. The molecule has 5 nitrogen and oxygen atoms in total. The molecule has 2 aromatic rings. The molecular formula is C23H30F3N3O2. The average Bonchev–Trinajstić information content (AvgIpc) is 3.14. The lowest BCUT2D eigenvalue weighted by Gasteiger charge is -2.42. The minimum atomic E-state index is -4.39. The Hall–Kier alpha value is -1.90. The van der Waals surface area contributed by atoms with Gasteiger partial charge in [0.15, 0.2) is 0 Å². The summed E-state index contributed by atoms with van der Waals surface area (Å²) in [6.07, 6.45) is 0.0365. The lowest BCUT2D eigenvalue weighted by molar-refractivity contribution is -0.137. The maximum atomic E-state index is 13.0. The second kappa shape index (κ2) is 9.30. The summed E-state index contributed by atoms with van der Waals surface area (Å²) in [5, 5.41) is 9.47. The second-order valence-corrected chi connectivity index (χ2v) is 8.79. The van der Waals surface area contributed by atoms with Crippen molar-refractivity contribution in [1.82, 2.24) is 14.8 Å². The van der Waals surface area contributed by atoms with Gasteiger partial charge in [-0.1, -0.05) is 6.07 Å². The van der Waals surface area contributed by atoms with Gasteiger partial charge in [0, 0.05) is 44.4 Å². The molecule has 0 bridgehead atoms. The number of alkyl halides is 3. The maximum Gasteiger partial charge on any atom is 0.416 e. The molecule has 4 rings (SSSR count). The van der Waals surface area contributed by atoms with E-state index in [0.29, 0.717) is 29.8 Å². The smallest absolute Gasteiger partial charge is 0.416 e. The highest BCUT2D eigenvalue weighted by Gasteiger charge is 2.31. The highest BCUT2D eigenvalue weighted by molar-refractivity contribution is 5.55. The molecule has 170 valence electrons. The van der Waals surface area contributed by atoms with Crippen molar-refractivity contribution in [3.63, 3.8) is 0 Å². The molecule has 0 saturated carbocycles. The predicted molar refractivity (Wildman–Crippen MR) is 111 cm³/mol. The number of benzene rings is 1. The first-order valence-electron chi connectivity index (χ1n) is 11.0. The first-order valence-corrected chi connectivity index (χ1v) is 11.0. The van der Waals surface area contributed by atoms with E-state index in [4.69, 9.17) is 4.42 Å². The van der Waals surface area contributed by atoms with E-state index in [2.05, 4.69) is 14.8 Å². The third-order valence-electron chi connectivity index (χ3n) is 6.58. The zero-order valence-corrected chi connectivity index (χ0v) is 17.9. The summed E-state index contributed by atoms with van der Waals surface area (Å²) in [6, 6.07) is 5.66. The second-order valence-electron chi connectivity index (χ2n) is 8.79. The zero-order chi connectivity index (χ0) is 22.0. The first kappa shape index (κ1) is 22.3. The number of likely N-dealkylation sites (tertiary alicyclic amines) is 2. The number of halogens is 3. The summed E-state index contributed by atoms with van der Waals surface area (Å²) in [4.78, 5) is 9.39. The molecule has 0 spiro atoms. The summed E-state index contributed by atoms with van der Waals surface area (Å²) in [5.41, 5.74) is 0.418. The molecule has 1 N–H and O–H groups in total. The van der Waals surface area contributed by atoms with Crippen molar-refractivity contribution >= 4 is 0 Å². The van der Waals surface area contributed by atoms with Crippen LogP contribution >= 0.6 is 0 Å². The van der Waals surface area contributed by atoms with Crippen LogP contribution in [0.15, 0.2) is 28.7 Å². The van der Waals surface area contributed by atoms with Crippen molar-refractivity contribution in [1.29, 1.82) is 0 Å². The molecule has 0 aliphatic carbocycles. The Kier molecular flexibility index (Phi) is 6.69. The lowest BCUT2D eigenvalue weighted by atomic mass is 9.94. The summed E-state index contributed by atoms with van der Waals surface area (Å²) in [6.45, 7) is 6.74. The molecule has 2 saturated heterocycles. The molecule has 3 heterocycles. The summed E-state index contributed by atoms with van der Waals surface area (Å²) in [7, 11) is 0. The van der Waals surface area contributed by atoms with Gasteiger partial charge in [0.25, 0.3) is 0 Å². The Morgan fingerprint density at radius 1 is 1.16 bits per heavy atom. The van der Waals surface area contributed by atoms with E-state index in [-0.39, 0.29) is 12.5 Å². The predicted octanol–water partition coefficient (Wildman–Crippen LogP) is 4.34. The van der Waals surface area contributed by atoms with E-state index in [1.807, 2.05) is 6.92 Å². The van der Waals surface area contributed by atoms with Crippen LogP contribution in [0.3, 0.4) is 0 Å². The number of piperidine rings is 2. The van der Waals surface area contributed by atoms with E-state index in [9.17, 15) is 18.3 Å². The molecule has 1 unspecified atom stereocenters. The Morgan fingerprint density at radius 3 is 2.65 bits per heavy atom. The van der Waals surface area contributed by atoms with Crippen LogP contribution in [0.25, 0.3) is 11.5 Å². The highest BCUT2D eigenvalue weighted by Crippen LogP contribution is 2.33. The SMILES string of the molecule is Cc1oc(-c2cccc(C(F)(F)F)c2)nc1CN1CCC(N2CCCC(CO)C2)CC1. The average molecular weight is 438 g/mol. The van der Waals surface area contributed by atoms with E-state index in [1.165, 1.54) is 6.07 Å². The van der Waals surface area contributed by atoms with Crippen LogP contribution in [0.4, 0.5) is 13.2 Å². The van der Waals surface area contributed by atoms with E-state index < -0.39 is 11.7 Å². The van der Waals surface area contributed by atoms with Crippen molar-refractivity contribution in [3.8, 4) is 11.5 Å². The minimum absolute atomic E-state index is 0.233. The summed E-state index contributed by atoms with van der Waals surface area (Å²) < 4.78 is 44.7. The number of hydrogen-bond donors (Lipinski definition) is 1. The van der Waals surface area contributed by atoms with E-state index >= 15 is 0 Å². The van der Waals surface area contributed by atoms with Gasteiger partial charge in [0.2, 0.25) is 5.89 Å².